The molecular formula is C12H15F2NO. The summed E-state index contributed by atoms with van der Waals surface area (Å²) in [6, 6.07) is 2.26. The first-order valence-electron chi connectivity index (χ1n) is 5.35. The van der Waals surface area contributed by atoms with E-state index in [-0.39, 0.29) is 11.3 Å². The van der Waals surface area contributed by atoms with Crippen LogP contribution in [0.4, 0.5) is 8.78 Å². The minimum Gasteiger partial charge on any atom is -0.494 e. The summed E-state index contributed by atoms with van der Waals surface area (Å²) in [7, 11) is 1.33. The van der Waals surface area contributed by atoms with Gasteiger partial charge < -0.3 is 10.5 Å². The van der Waals surface area contributed by atoms with Gasteiger partial charge in [0.2, 0.25) is 0 Å². The molecule has 1 aromatic carbocycles. The Labute approximate surface area is 93.4 Å². The molecule has 0 aliphatic heterocycles. The minimum absolute atomic E-state index is 0.0446. The minimum atomic E-state index is -0.479. The third-order valence-corrected chi connectivity index (χ3v) is 3.08. The van der Waals surface area contributed by atoms with Crippen LogP contribution in [0.25, 0.3) is 0 Å². The molecule has 1 aliphatic rings. The molecule has 0 spiro atoms. The van der Waals surface area contributed by atoms with Gasteiger partial charge in [-0.3, -0.25) is 0 Å². The predicted molar refractivity (Wildman–Crippen MR) is 57.4 cm³/mol. The molecule has 4 heteroatoms. The van der Waals surface area contributed by atoms with Gasteiger partial charge >= 0.3 is 0 Å². The number of benzene rings is 1. The standard InChI is InChI=1S/C12H15F2NO/c1-16-10-7-9(13)6-8(11(10)14)2-3-12(15)4-5-12/h6-7H,2-5,15H2,1H3. The monoisotopic (exact) mass is 227 g/mol. The number of nitrogens with two attached hydrogens (primary N) is 1. The van der Waals surface area contributed by atoms with Crippen LogP contribution in [0.2, 0.25) is 0 Å². The summed E-state index contributed by atoms with van der Waals surface area (Å²) in [5.41, 5.74) is 6.10. The van der Waals surface area contributed by atoms with Crippen LogP contribution >= 0.6 is 0 Å². The lowest BCUT2D eigenvalue weighted by molar-refractivity contribution is 0.379. The van der Waals surface area contributed by atoms with Gasteiger partial charge in [0.05, 0.1) is 7.11 Å². The van der Waals surface area contributed by atoms with Crippen molar-refractivity contribution in [3.05, 3.63) is 29.3 Å². The van der Waals surface area contributed by atoms with Crippen molar-refractivity contribution in [1.29, 1.82) is 0 Å². The largest absolute Gasteiger partial charge is 0.494 e. The molecule has 2 rings (SSSR count). The number of hydrogen-bond acceptors (Lipinski definition) is 2. The molecule has 1 aliphatic carbocycles. The Bertz CT molecular complexity index is 402. The van der Waals surface area contributed by atoms with Crippen LogP contribution in [0.5, 0.6) is 5.75 Å². The summed E-state index contributed by atoms with van der Waals surface area (Å²) in [5, 5.41) is 0. The van der Waals surface area contributed by atoms with Crippen molar-refractivity contribution in [2.75, 3.05) is 7.11 Å². The number of rotatable bonds is 4. The molecule has 0 unspecified atom stereocenters. The van der Waals surface area contributed by atoms with Crippen molar-refractivity contribution in [2.24, 2.45) is 5.73 Å². The highest BCUT2D eigenvalue weighted by molar-refractivity contribution is 5.32. The lowest BCUT2D eigenvalue weighted by Gasteiger charge is -2.11. The van der Waals surface area contributed by atoms with E-state index in [2.05, 4.69) is 0 Å². The second kappa shape index (κ2) is 4.01. The Kier molecular flexibility index (Phi) is 2.84. The first-order chi connectivity index (χ1) is 7.54. The fourth-order valence-corrected chi connectivity index (χ4v) is 1.74. The van der Waals surface area contributed by atoms with E-state index in [9.17, 15) is 8.78 Å². The molecule has 1 saturated carbocycles. The maximum atomic E-state index is 13.7. The highest BCUT2D eigenvalue weighted by atomic mass is 19.1. The maximum Gasteiger partial charge on any atom is 0.168 e. The Hall–Kier alpha value is -1.16. The molecule has 2 N–H and O–H groups in total. The van der Waals surface area contributed by atoms with Crippen LogP contribution < -0.4 is 10.5 Å². The first kappa shape index (κ1) is 11.3. The van der Waals surface area contributed by atoms with Gasteiger partial charge in [0, 0.05) is 11.6 Å². The normalized spacial score (nSPS) is 17.2. The van der Waals surface area contributed by atoms with Crippen molar-refractivity contribution < 1.29 is 13.5 Å². The van der Waals surface area contributed by atoms with E-state index < -0.39 is 11.6 Å². The van der Waals surface area contributed by atoms with Gasteiger partial charge in [-0.15, -0.1) is 0 Å². The summed E-state index contributed by atoms with van der Waals surface area (Å²) in [6.07, 6.45) is 3.09. The SMILES string of the molecule is COc1cc(F)cc(CCC2(N)CC2)c1F. The Morgan fingerprint density at radius 2 is 2.06 bits per heavy atom. The highest BCUT2D eigenvalue weighted by Crippen LogP contribution is 2.37. The third kappa shape index (κ3) is 2.32. The zero-order chi connectivity index (χ0) is 11.8. The summed E-state index contributed by atoms with van der Waals surface area (Å²) in [5.74, 6) is -1.000. The first-order valence-corrected chi connectivity index (χ1v) is 5.35. The topological polar surface area (TPSA) is 35.2 Å². The number of aryl methyl sites for hydroxylation is 1. The van der Waals surface area contributed by atoms with Crippen LogP contribution in [0, 0.1) is 11.6 Å². The maximum absolute atomic E-state index is 13.7. The average Bonchev–Trinajstić information content (AvgIpc) is 2.98. The van der Waals surface area contributed by atoms with Crippen molar-refractivity contribution in [1.82, 2.24) is 0 Å². The van der Waals surface area contributed by atoms with Gasteiger partial charge in [-0.25, -0.2) is 8.78 Å². The van der Waals surface area contributed by atoms with Crippen LogP contribution in [-0.4, -0.2) is 12.6 Å². The smallest absolute Gasteiger partial charge is 0.168 e. The van der Waals surface area contributed by atoms with Crippen molar-refractivity contribution >= 4 is 0 Å². The Morgan fingerprint density at radius 1 is 1.38 bits per heavy atom. The van der Waals surface area contributed by atoms with Gasteiger partial charge in [0.15, 0.2) is 11.6 Å². The van der Waals surface area contributed by atoms with E-state index in [0.717, 1.165) is 18.9 Å². The number of hydrogen-bond donors (Lipinski definition) is 1. The molecular weight excluding hydrogens is 212 g/mol. The van der Waals surface area contributed by atoms with Gasteiger partial charge in [0.25, 0.3) is 0 Å². The second-order valence-corrected chi connectivity index (χ2v) is 4.44. The van der Waals surface area contributed by atoms with E-state index in [1.54, 1.807) is 0 Å². The summed E-state index contributed by atoms with van der Waals surface area (Å²) < 4.78 is 31.6. The van der Waals surface area contributed by atoms with Crippen molar-refractivity contribution in [2.45, 2.75) is 31.2 Å². The fraction of sp³-hybridized carbons (Fsp3) is 0.500. The predicted octanol–water partition coefficient (Wildman–Crippen LogP) is 2.40. The Balaban J connectivity index is 2.15. The van der Waals surface area contributed by atoms with Crippen LogP contribution in [0.3, 0.4) is 0 Å². The van der Waals surface area contributed by atoms with E-state index >= 15 is 0 Å². The highest BCUT2D eigenvalue weighted by Gasteiger charge is 2.37. The molecule has 0 aromatic heterocycles. The molecule has 1 aromatic rings. The van der Waals surface area contributed by atoms with E-state index in [1.807, 2.05) is 0 Å². The molecule has 0 bridgehead atoms. The second-order valence-electron chi connectivity index (χ2n) is 4.44. The molecule has 0 amide bonds. The van der Waals surface area contributed by atoms with E-state index in [0.29, 0.717) is 18.4 Å². The van der Waals surface area contributed by atoms with Crippen LogP contribution in [0.1, 0.15) is 24.8 Å². The molecule has 1 fully saturated rings. The number of halogens is 2. The molecule has 0 atom stereocenters. The molecule has 2 nitrogen and oxygen atoms in total. The molecule has 16 heavy (non-hydrogen) atoms. The van der Waals surface area contributed by atoms with E-state index in [4.69, 9.17) is 10.5 Å². The molecule has 0 heterocycles. The quantitative estimate of drug-likeness (QED) is 0.857. The lowest BCUT2D eigenvalue weighted by atomic mass is 10.0. The van der Waals surface area contributed by atoms with Crippen molar-refractivity contribution in [3.63, 3.8) is 0 Å². The third-order valence-electron chi connectivity index (χ3n) is 3.08. The fourth-order valence-electron chi connectivity index (χ4n) is 1.74. The summed E-state index contributed by atoms with van der Waals surface area (Å²) in [4.78, 5) is 0. The van der Waals surface area contributed by atoms with E-state index in [1.165, 1.54) is 13.2 Å². The van der Waals surface area contributed by atoms with Gasteiger partial charge in [-0.2, -0.15) is 0 Å². The van der Waals surface area contributed by atoms with Gasteiger partial charge in [-0.1, -0.05) is 0 Å². The summed E-state index contributed by atoms with van der Waals surface area (Å²) >= 11 is 0. The van der Waals surface area contributed by atoms with Gasteiger partial charge in [0.1, 0.15) is 5.82 Å². The summed E-state index contributed by atoms with van der Waals surface area (Å²) in [6.45, 7) is 0. The zero-order valence-corrected chi connectivity index (χ0v) is 9.22. The number of ether oxygens (including phenoxy) is 1. The molecule has 0 saturated heterocycles. The lowest BCUT2D eigenvalue weighted by Crippen LogP contribution is -2.22. The van der Waals surface area contributed by atoms with Crippen molar-refractivity contribution in [3.8, 4) is 5.75 Å². The molecule has 88 valence electrons. The Morgan fingerprint density at radius 3 is 2.62 bits per heavy atom. The van der Waals surface area contributed by atoms with Gasteiger partial charge in [-0.05, 0) is 37.3 Å². The van der Waals surface area contributed by atoms with Crippen LogP contribution in [0.15, 0.2) is 12.1 Å². The number of methoxy groups -OCH3 is 1. The average molecular weight is 227 g/mol. The molecule has 0 radical (unpaired) electrons. The zero-order valence-electron chi connectivity index (χ0n) is 9.22. The van der Waals surface area contributed by atoms with Crippen LogP contribution in [-0.2, 0) is 6.42 Å².